The van der Waals surface area contributed by atoms with Gasteiger partial charge in [0.25, 0.3) is 0 Å². The fourth-order valence-corrected chi connectivity index (χ4v) is 5.70. The Hall–Kier alpha value is -3.72. The van der Waals surface area contributed by atoms with Crippen molar-refractivity contribution in [2.75, 3.05) is 30.1 Å². The number of hydrogen-bond donors (Lipinski definition) is 1. The quantitative estimate of drug-likeness (QED) is 0.192. The number of nitrogens with one attached hydrogen (secondary N) is 1. The topological polar surface area (TPSA) is 78.4 Å². The molecule has 210 valence electrons. The number of anilines is 2. The summed E-state index contributed by atoms with van der Waals surface area (Å²) >= 11 is 1.26. The van der Waals surface area contributed by atoms with Gasteiger partial charge in [-0.2, -0.15) is 0 Å². The van der Waals surface area contributed by atoms with Crippen LogP contribution in [-0.2, 0) is 16.1 Å². The average Bonchev–Trinajstić information content (AvgIpc) is 2.93. The highest BCUT2D eigenvalue weighted by molar-refractivity contribution is 7.99. The molecule has 1 aromatic heterocycles. The summed E-state index contributed by atoms with van der Waals surface area (Å²) in [4.78, 5) is 40.4. The lowest BCUT2D eigenvalue weighted by Crippen LogP contribution is -2.51. The van der Waals surface area contributed by atoms with E-state index in [1.807, 2.05) is 63.2 Å². The van der Waals surface area contributed by atoms with Gasteiger partial charge in [0, 0.05) is 43.4 Å². The Morgan fingerprint density at radius 1 is 1.02 bits per heavy atom. The van der Waals surface area contributed by atoms with E-state index in [-0.39, 0.29) is 35.8 Å². The van der Waals surface area contributed by atoms with Crippen LogP contribution in [0.5, 0.6) is 0 Å². The number of nitrogens with zero attached hydrogens (tertiary/aromatic N) is 4. The van der Waals surface area contributed by atoms with Gasteiger partial charge in [-0.1, -0.05) is 36.0 Å². The summed E-state index contributed by atoms with van der Waals surface area (Å²) in [5, 5.41) is 3.58. The number of amides is 2. The van der Waals surface area contributed by atoms with E-state index in [2.05, 4.69) is 27.4 Å². The molecule has 0 bridgehead atoms. The number of benzene rings is 2. The summed E-state index contributed by atoms with van der Waals surface area (Å²) in [7, 11) is 3.92. The van der Waals surface area contributed by atoms with E-state index in [0.717, 1.165) is 35.5 Å². The average molecular weight is 562 g/mol. The van der Waals surface area contributed by atoms with E-state index >= 15 is 0 Å². The fourth-order valence-electron chi connectivity index (χ4n) is 4.87. The molecule has 7 nitrogen and oxygen atoms in total. The molecule has 4 rings (SSSR count). The van der Waals surface area contributed by atoms with Crippen molar-refractivity contribution >= 4 is 35.0 Å². The van der Waals surface area contributed by atoms with Gasteiger partial charge in [-0.3, -0.25) is 9.59 Å². The summed E-state index contributed by atoms with van der Waals surface area (Å²) in [5.41, 5.74) is 4.10. The Balaban J connectivity index is 1.63. The van der Waals surface area contributed by atoms with Crippen molar-refractivity contribution < 1.29 is 14.0 Å². The van der Waals surface area contributed by atoms with Crippen LogP contribution in [0.2, 0.25) is 0 Å². The van der Waals surface area contributed by atoms with Crippen LogP contribution < -0.4 is 10.2 Å². The van der Waals surface area contributed by atoms with Gasteiger partial charge in [-0.15, -0.1) is 0 Å². The molecule has 0 aliphatic heterocycles. The number of carbonyl (C=O) groups excluding carboxylic acids is 2. The number of carbonyl (C=O) groups is 2. The summed E-state index contributed by atoms with van der Waals surface area (Å²) < 4.78 is 13.7. The van der Waals surface area contributed by atoms with Gasteiger partial charge in [0.1, 0.15) is 11.9 Å². The minimum Gasteiger partial charge on any atom is -0.378 e. The maximum atomic E-state index is 14.0. The Kier molecular flexibility index (Phi) is 9.93. The van der Waals surface area contributed by atoms with Crippen LogP contribution in [-0.4, -0.2) is 52.6 Å². The molecule has 40 heavy (non-hydrogen) atoms. The van der Waals surface area contributed by atoms with Gasteiger partial charge in [0.15, 0.2) is 5.16 Å². The highest BCUT2D eigenvalue weighted by Gasteiger charge is 2.36. The monoisotopic (exact) mass is 561 g/mol. The number of thioether (sulfide) groups is 1. The number of aromatic nitrogens is 2. The summed E-state index contributed by atoms with van der Waals surface area (Å²) in [6, 6.07) is 14.9. The molecular weight excluding hydrogens is 525 g/mol. The number of halogens is 1. The molecule has 2 amide bonds. The Morgan fingerprint density at radius 2 is 1.70 bits per heavy atom. The van der Waals surface area contributed by atoms with E-state index in [1.54, 1.807) is 17.0 Å². The molecule has 0 radical (unpaired) electrons. The molecule has 3 aromatic rings. The van der Waals surface area contributed by atoms with E-state index in [0.29, 0.717) is 17.3 Å². The lowest BCUT2D eigenvalue weighted by molar-refractivity contribution is -0.139. The molecule has 1 aliphatic carbocycles. The van der Waals surface area contributed by atoms with Crippen LogP contribution in [0.15, 0.2) is 71.9 Å². The molecule has 1 N–H and O–H groups in total. The predicted molar refractivity (Wildman–Crippen MR) is 159 cm³/mol. The second-order valence-corrected chi connectivity index (χ2v) is 11.2. The zero-order chi connectivity index (χ0) is 28.6. The van der Waals surface area contributed by atoms with Gasteiger partial charge in [-0.05, 0) is 87.1 Å². The van der Waals surface area contributed by atoms with Gasteiger partial charge < -0.3 is 15.1 Å². The molecule has 9 heteroatoms. The minimum atomic E-state index is -0.711. The van der Waals surface area contributed by atoms with Crippen molar-refractivity contribution in [1.29, 1.82) is 0 Å². The maximum absolute atomic E-state index is 14.0. The highest BCUT2D eigenvalue weighted by atomic mass is 32.2. The van der Waals surface area contributed by atoms with Crippen LogP contribution in [0.25, 0.3) is 0 Å². The third kappa shape index (κ3) is 7.91. The first-order chi connectivity index (χ1) is 19.2. The summed E-state index contributed by atoms with van der Waals surface area (Å²) in [6.07, 6.45) is 6.52. The van der Waals surface area contributed by atoms with Crippen LogP contribution in [0, 0.1) is 25.6 Å². The number of aryl methyl sites for hydroxylation is 2. The molecule has 2 atom stereocenters. The van der Waals surface area contributed by atoms with Crippen molar-refractivity contribution in [3.05, 3.63) is 89.5 Å². The van der Waals surface area contributed by atoms with E-state index < -0.39 is 6.04 Å². The second kappa shape index (κ2) is 13.6. The van der Waals surface area contributed by atoms with Crippen LogP contribution >= 0.6 is 11.8 Å². The van der Waals surface area contributed by atoms with Crippen molar-refractivity contribution in [3.63, 3.8) is 0 Å². The molecule has 2 aromatic carbocycles. The maximum Gasteiger partial charge on any atom is 0.247 e. The first-order valence-electron chi connectivity index (χ1n) is 13.4. The molecular formula is C31H36FN5O2S. The van der Waals surface area contributed by atoms with Crippen molar-refractivity contribution in [1.82, 2.24) is 14.9 Å². The number of rotatable bonds is 10. The SMILES string of the molecule is Cc1cc(C)nc(SCC(=O)N(Cc2ccc(F)cc2)[C@H](C(=O)Nc2ccc(N(C)C)cc2)[C@@H]2CC=CCC2)n1. The molecule has 0 spiro atoms. The van der Waals surface area contributed by atoms with Gasteiger partial charge in [0.2, 0.25) is 11.8 Å². The van der Waals surface area contributed by atoms with Gasteiger partial charge in [-0.25, -0.2) is 14.4 Å². The molecule has 0 fully saturated rings. The lowest BCUT2D eigenvalue weighted by atomic mass is 9.86. The molecule has 1 aliphatic rings. The first-order valence-corrected chi connectivity index (χ1v) is 14.4. The molecule has 0 saturated heterocycles. The van der Waals surface area contributed by atoms with Crippen LogP contribution in [0.1, 0.15) is 36.2 Å². The van der Waals surface area contributed by atoms with Crippen LogP contribution in [0.3, 0.4) is 0 Å². The first kappa shape index (κ1) is 29.3. The van der Waals surface area contributed by atoms with E-state index in [4.69, 9.17) is 0 Å². The normalized spacial score (nSPS) is 15.4. The molecule has 0 unspecified atom stereocenters. The minimum absolute atomic E-state index is 0.0575. The number of allylic oxidation sites excluding steroid dienone is 2. The lowest BCUT2D eigenvalue weighted by Gasteiger charge is -2.37. The summed E-state index contributed by atoms with van der Waals surface area (Å²) in [6.45, 7) is 3.97. The smallest absolute Gasteiger partial charge is 0.247 e. The Morgan fingerprint density at radius 3 is 2.30 bits per heavy atom. The van der Waals surface area contributed by atoms with E-state index in [1.165, 1.54) is 23.9 Å². The number of hydrogen-bond acceptors (Lipinski definition) is 6. The third-order valence-corrected chi connectivity index (χ3v) is 7.72. The summed E-state index contributed by atoms with van der Waals surface area (Å²) in [5.74, 6) is -0.765. The third-order valence-electron chi connectivity index (χ3n) is 6.88. The second-order valence-electron chi connectivity index (χ2n) is 10.3. The Bertz CT molecular complexity index is 1320. The van der Waals surface area contributed by atoms with E-state index in [9.17, 15) is 14.0 Å². The predicted octanol–water partition coefficient (Wildman–Crippen LogP) is 5.78. The zero-order valence-corrected chi connectivity index (χ0v) is 24.2. The fraction of sp³-hybridized carbons (Fsp3) is 0.355. The standard InChI is InChI=1S/C31H36FN5O2S/c1-21-18-22(2)34-31(33-21)40-20-28(38)37(19-23-10-12-25(32)13-11-23)29(24-8-6-5-7-9-24)30(39)35-26-14-16-27(17-15-26)36(3)4/h5-6,10-18,24,29H,7-9,19-20H2,1-4H3,(H,35,39)/t24-,29+/m1/s1. The molecule has 0 saturated carbocycles. The molecule has 1 heterocycles. The zero-order valence-electron chi connectivity index (χ0n) is 23.4. The van der Waals surface area contributed by atoms with Crippen molar-refractivity contribution in [2.45, 2.75) is 50.9 Å². The van der Waals surface area contributed by atoms with Crippen molar-refractivity contribution in [2.24, 2.45) is 5.92 Å². The highest BCUT2D eigenvalue weighted by Crippen LogP contribution is 2.29. The van der Waals surface area contributed by atoms with Gasteiger partial charge >= 0.3 is 0 Å². The Labute approximate surface area is 239 Å². The largest absolute Gasteiger partial charge is 0.378 e. The van der Waals surface area contributed by atoms with Crippen LogP contribution in [0.4, 0.5) is 15.8 Å². The van der Waals surface area contributed by atoms with Gasteiger partial charge in [0.05, 0.1) is 5.75 Å². The van der Waals surface area contributed by atoms with Crippen molar-refractivity contribution in [3.8, 4) is 0 Å².